The zero-order chi connectivity index (χ0) is 13.6. The van der Waals surface area contributed by atoms with Gasteiger partial charge < -0.3 is 0 Å². The molecule has 3 aromatic rings. The predicted molar refractivity (Wildman–Crippen MR) is 88.0 cm³/mol. The van der Waals surface area contributed by atoms with Crippen molar-refractivity contribution >= 4 is 33.6 Å². The molecule has 1 aromatic carbocycles. The Morgan fingerprint density at radius 1 is 1.11 bits per heavy atom. The van der Waals surface area contributed by atoms with E-state index in [2.05, 4.69) is 77.3 Å². The van der Waals surface area contributed by atoms with E-state index in [1.54, 1.807) is 0 Å². The molecule has 2 aromatic heterocycles. The van der Waals surface area contributed by atoms with Crippen LogP contribution in [-0.2, 0) is 0 Å². The Balaban J connectivity index is 2.37. The molecule has 0 aliphatic rings. The number of fused-ring (bicyclic) bond motifs is 1. The summed E-state index contributed by atoms with van der Waals surface area (Å²) in [6.45, 7) is 6.47. The molecule has 0 amide bonds. The monoisotopic (exact) mass is 362 g/mol. The molecule has 3 rings (SSSR count). The lowest BCUT2D eigenvalue weighted by Gasteiger charge is -2.13. The maximum absolute atomic E-state index is 4.54. The van der Waals surface area contributed by atoms with Crippen molar-refractivity contribution in [3.8, 4) is 5.69 Å². The zero-order valence-electron chi connectivity index (χ0n) is 11.2. The predicted octanol–water partition coefficient (Wildman–Crippen LogP) is 4.56. The van der Waals surface area contributed by atoms with E-state index in [4.69, 9.17) is 0 Å². The zero-order valence-corrected chi connectivity index (χ0v) is 13.4. The van der Waals surface area contributed by atoms with Gasteiger partial charge in [-0.05, 0) is 66.6 Å². The summed E-state index contributed by atoms with van der Waals surface area (Å²) in [7, 11) is 0. The van der Waals surface area contributed by atoms with Gasteiger partial charge in [-0.1, -0.05) is 17.7 Å². The molecule has 0 radical (unpaired) electrons. The van der Waals surface area contributed by atoms with Crippen LogP contribution in [0, 0.1) is 24.3 Å². The average Bonchev–Trinajstić information content (AvgIpc) is 2.67. The van der Waals surface area contributed by atoms with E-state index in [9.17, 15) is 0 Å². The highest BCUT2D eigenvalue weighted by molar-refractivity contribution is 14.1. The van der Waals surface area contributed by atoms with Crippen LogP contribution in [0.15, 0.2) is 36.7 Å². The lowest BCUT2D eigenvalue weighted by atomic mass is 10.1. The van der Waals surface area contributed by atoms with Gasteiger partial charge in [-0.2, -0.15) is 0 Å². The Morgan fingerprint density at radius 3 is 2.47 bits per heavy atom. The van der Waals surface area contributed by atoms with Gasteiger partial charge in [0.05, 0.1) is 5.69 Å². The lowest BCUT2D eigenvalue weighted by molar-refractivity contribution is 1.05. The first-order valence-corrected chi connectivity index (χ1v) is 7.35. The van der Waals surface area contributed by atoms with Crippen LogP contribution in [-0.4, -0.2) is 9.55 Å². The largest absolute Gasteiger partial charge is 0.300 e. The SMILES string of the molecule is Cc1cc(C)c(-n2cc(I)c3cccnc32)c(C)c1. The van der Waals surface area contributed by atoms with E-state index in [0.717, 1.165) is 5.65 Å². The molecule has 0 aliphatic heterocycles. The highest BCUT2D eigenvalue weighted by Crippen LogP contribution is 2.28. The molecule has 96 valence electrons. The number of aryl methyl sites for hydroxylation is 3. The van der Waals surface area contributed by atoms with Crippen LogP contribution < -0.4 is 0 Å². The maximum Gasteiger partial charge on any atom is 0.145 e. The van der Waals surface area contributed by atoms with E-state index < -0.39 is 0 Å². The van der Waals surface area contributed by atoms with Crippen LogP contribution in [0.3, 0.4) is 0 Å². The summed E-state index contributed by atoms with van der Waals surface area (Å²) in [4.78, 5) is 4.54. The number of nitrogens with zero attached hydrogens (tertiary/aromatic N) is 2. The fourth-order valence-electron chi connectivity index (χ4n) is 2.74. The van der Waals surface area contributed by atoms with Gasteiger partial charge in [0.25, 0.3) is 0 Å². The van der Waals surface area contributed by atoms with Gasteiger partial charge in [0.15, 0.2) is 0 Å². The van der Waals surface area contributed by atoms with Crippen molar-refractivity contribution in [2.45, 2.75) is 20.8 Å². The van der Waals surface area contributed by atoms with Crippen molar-refractivity contribution < 1.29 is 0 Å². The third-order valence-corrected chi connectivity index (χ3v) is 4.25. The molecule has 0 unspecified atom stereocenters. The summed E-state index contributed by atoms with van der Waals surface area (Å²) >= 11 is 2.37. The van der Waals surface area contributed by atoms with Gasteiger partial charge in [0.1, 0.15) is 5.65 Å². The molecule has 0 fully saturated rings. The van der Waals surface area contributed by atoms with Gasteiger partial charge in [0, 0.05) is 21.4 Å². The molecule has 0 N–H and O–H groups in total. The molecule has 0 spiro atoms. The molecule has 0 atom stereocenters. The third kappa shape index (κ3) is 2.06. The Hall–Kier alpha value is -1.36. The summed E-state index contributed by atoms with van der Waals surface area (Å²) in [6, 6.07) is 8.57. The van der Waals surface area contributed by atoms with Crippen LogP contribution in [0.2, 0.25) is 0 Å². The van der Waals surface area contributed by atoms with Crippen molar-refractivity contribution in [1.82, 2.24) is 9.55 Å². The highest BCUT2D eigenvalue weighted by atomic mass is 127. The molecule has 0 saturated carbocycles. The summed E-state index contributed by atoms with van der Waals surface area (Å²) in [5.41, 5.74) is 6.16. The molecular formula is C16H15IN2. The second-order valence-corrected chi connectivity index (χ2v) is 6.13. The first-order chi connectivity index (χ1) is 9.08. The van der Waals surface area contributed by atoms with Gasteiger partial charge in [-0.3, -0.25) is 4.57 Å². The minimum atomic E-state index is 1.03. The number of pyridine rings is 1. The molecule has 0 saturated heterocycles. The van der Waals surface area contributed by atoms with Crippen LogP contribution >= 0.6 is 22.6 Å². The molecule has 19 heavy (non-hydrogen) atoms. The van der Waals surface area contributed by atoms with Crippen molar-refractivity contribution in [3.05, 3.63) is 56.9 Å². The number of hydrogen-bond donors (Lipinski definition) is 0. The first kappa shape index (κ1) is 12.7. The second kappa shape index (κ2) is 4.63. The quantitative estimate of drug-likeness (QED) is 0.581. The van der Waals surface area contributed by atoms with E-state index in [-0.39, 0.29) is 0 Å². The average molecular weight is 362 g/mol. The molecular weight excluding hydrogens is 347 g/mol. The number of rotatable bonds is 1. The van der Waals surface area contributed by atoms with Gasteiger partial charge in [-0.25, -0.2) is 4.98 Å². The lowest BCUT2D eigenvalue weighted by Crippen LogP contribution is -2.00. The van der Waals surface area contributed by atoms with Crippen LogP contribution in [0.1, 0.15) is 16.7 Å². The Labute approximate surface area is 126 Å². The van der Waals surface area contributed by atoms with E-state index in [0.29, 0.717) is 0 Å². The van der Waals surface area contributed by atoms with Gasteiger partial charge >= 0.3 is 0 Å². The summed E-state index contributed by atoms with van der Waals surface area (Å²) < 4.78 is 3.45. The molecule has 2 nitrogen and oxygen atoms in total. The van der Waals surface area contributed by atoms with E-state index in [1.807, 2.05) is 12.3 Å². The summed E-state index contributed by atoms with van der Waals surface area (Å²) in [5, 5.41) is 1.21. The number of benzene rings is 1. The fraction of sp³-hybridized carbons (Fsp3) is 0.188. The van der Waals surface area contributed by atoms with Gasteiger partial charge in [-0.15, -0.1) is 0 Å². The van der Waals surface area contributed by atoms with E-state index in [1.165, 1.54) is 31.3 Å². The van der Waals surface area contributed by atoms with Crippen molar-refractivity contribution in [1.29, 1.82) is 0 Å². The smallest absolute Gasteiger partial charge is 0.145 e. The van der Waals surface area contributed by atoms with Gasteiger partial charge in [0.2, 0.25) is 0 Å². The fourth-order valence-corrected chi connectivity index (χ4v) is 3.44. The maximum atomic E-state index is 4.54. The number of hydrogen-bond acceptors (Lipinski definition) is 1. The van der Waals surface area contributed by atoms with Crippen molar-refractivity contribution in [3.63, 3.8) is 0 Å². The summed E-state index contributed by atoms with van der Waals surface area (Å²) in [6.07, 6.45) is 4.02. The number of halogens is 1. The van der Waals surface area contributed by atoms with Crippen molar-refractivity contribution in [2.24, 2.45) is 0 Å². The standard InChI is InChI=1S/C16H15IN2/c1-10-7-11(2)15(12(3)8-10)19-9-14(17)13-5-4-6-18-16(13)19/h4-9H,1-3H3. The normalized spacial score (nSPS) is 11.2. The molecule has 0 aliphatic carbocycles. The highest BCUT2D eigenvalue weighted by Gasteiger charge is 2.12. The van der Waals surface area contributed by atoms with Crippen LogP contribution in [0.5, 0.6) is 0 Å². The van der Waals surface area contributed by atoms with Crippen molar-refractivity contribution in [2.75, 3.05) is 0 Å². The molecule has 3 heteroatoms. The third-order valence-electron chi connectivity index (χ3n) is 3.39. The first-order valence-electron chi connectivity index (χ1n) is 6.27. The number of aromatic nitrogens is 2. The Morgan fingerprint density at radius 2 is 1.79 bits per heavy atom. The van der Waals surface area contributed by atoms with E-state index >= 15 is 0 Å². The Bertz CT molecular complexity index is 749. The van der Waals surface area contributed by atoms with Crippen LogP contribution in [0.25, 0.3) is 16.7 Å². The van der Waals surface area contributed by atoms with Crippen LogP contribution in [0.4, 0.5) is 0 Å². The second-order valence-electron chi connectivity index (χ2n) is 4.97. The topological polar surface area (TPSA) is 17.8 Å². The Kier molecular flexibility index (Phi) is 3.09. The summed E-state index contributed by atoms with van der Waals surface area (Å²) in [5.74, 6) is 0. The minimum Gasteiger partial charge on any atom is -0.300 e. The minimum absolute atomic E-state index is 1.03. The molecule has 0 bridgehead atoms. The molecule has 2 heterocycles.